The molecule has 2 rings (SSSR count). The summed E-state index contributed by atoms with van der Waals surface area (Å²) in [5, 5.41) is 5.52. The van der Waals surface area contributed by atoms with Gasteiger partial charge in [-0.3, -0.25) is 9.59 Å². The fourth-order valence-electron chi connectivity index (χ4n) is 2.37. The first-order valence-electron chi connectivity index (χ1n) is 7.73. The van der Waals surface area contributed by atoms with Crippen molar-refractivity contribution in [2.45, 2.75) is 13.0 Å². The number of hydrogen-bond donors (Lipinski definition) is 2. The largest absolute Gasteiger partial charge is 0.375 e. The molecule has 2 N–H and O–H groups in total. The fraction of sp³-hybridized carbons (Fsp3) is 0.353. The Kier molecular flexibility index (Phi) is 6.51. The van der Waals surface area contributed by atoms with Crippen molar-refractivity contribution in [3.05, 3.63) is 42.7 Å². The Balaban J connectivity index is 2.12. The van der Waals surface area contributed by atoms with E-state index >= 15 is 0 Å². The van der Waals surface area contributed by atoms with Crippen LogP contribution in [0.2, 0.25) is 0 Å². The smallest absolute Gasteiger partial charge is 0.245 e. The first-order chi connectivity index (χ1) is 11.7. The van der Waals surface area contributed by atoms with Crippen LogP contribution in [0.25, 0.3) is 11.0 Å². The summed E-state index contributed by atoms with van der Waals surface area (Å²) in [7, 11) is 1.47. The van der Waals surface area contributed by atoms with Gasteiger partial charge < -0.3 is 19.9 Å². The molecule has 0 saturated heterocycles. The molecule has 0 bridgehead atoms. The summed E-state index contributed by atoms with van der Waals surface area (Å²) in [6.45, 7) is 4.64. The number of methoxy groups -OCH3 is 1. The maximum atomic E-state index is 12.0. The van der Waals surface area contributed by atoms with Crippen LogP contribution in [0.15, 0.2) is 36.9 Å². The SMILES string of the molecule is C=CCNC(=O)Cn1c(CCNC(=O)COC)nc2ccccc21. The van der Waals surface area contributed by atoms with E-state index in [0.717, 1.165) is 16.9 Å². The minimum absolute atomic E-state index is 0.0282. The summed E-state index contributed by atoms with van der Waals surface area (Å²) in [5.74, 6) is 0.467. The molecule has 2 amide bonds. The maximum Gasteiger partial charge on any atom is 0.245 e. The van der Waals surface area contributed by atoms with E-state index < -0.39 is 0 Å². The van der Waals surface area contributed by atoms with Crippen LogP contribution in [0.1, 0.15) is 5.82 Å². The van der Waals surface area contributed by atoms with Crippen LogP contribution in [-0.4, -0.2) is 48.2 Å². The summed E-state index contributed by atoms with van der Waals surface area (Å²) in [6.07, 6.45) is 2.16. The highest BCUT2D eigenvalue weighted by Crippen LogP contribution is 2.16. The molecule has 2 aromatic rings. The molecule has 0 aliphatic carbocycles. The van der Waals surface area contributed by atoms with Crippen LogP contribution in [0.3, 0.4) is 0 Å². The van der Waals surface area contributed by atoms with Gasteiger partial charge in [-0.2, -0.15) is 0 Å². The Bertz CT molecular complexity index is 724. The van der Waals surface area contributed by atoms with Crippen LogP contribution in [-0.2, 0) is 27.3 Å². The average Bonchev–Trinajstić information content (AvgIpc) is 2.91. The zero-order valence-electron chi connectivity index (χ0n) is 13.7. The van der Waals surface area contributed by atoms with Gasteiger partial charge in [0.1, 0.15) is 19.0 Å². The molecule has 0 radical (unpaired) electrons. The van der Waals surface area contributed by atoms with Crippen LogP contribution in [0, 0.1) is 0 Å². The lowest BCUT2D eigenvalue weighted by atomic mass is 10.3. The maximum absolute atomic E-state index is 12.0. The Morgan fingerprint density at radius 2 is 2.08 bits per heavy atom. The van der Waals surface area contributed by atoms with E-state index in [2.05, 4.69) is 22.2 Å². The fourth-order valence-corrected chi connectivity index (χ4v) is 2.37. The van der Waals surface area contributed by atoms with E-state index in [1.165, 1.54) is 7.11 Å². The summed E-state index contributed by atoms with van der Waals surface area (Å²) < 4.78 is 6.65. The average molecular weight is 330 g/mol. The molecule has 0 unspecified atom stereocenters. The molecule has 0 spiro atoms. The number of amides is 2. The second kappa shape index (κ2) is 8.83. The van der Waals surface area contributed by atoms with Crippen LogP contribution in [0.4, 0.5) is 0 Å². The highest BCUT2D eigenvalue weighted by Gasteiger charge is 2.13. The lowest BCUT2D eigenvalue weighted by molar-refractivity contribution is -0.124. The Labute approximate surface area is 140 Å². The second-order valence-electron chi connectivity index (χ2n) is 5.23. The van der Waals surface area contributed by atoms with Crippen molar-refractivity contribution in [3.63, 3.8) is 0 Å². The van der Waals surface area contributed by atoms with Crippen molar-refractivity contribution >= 4 is 22.8 Å². The molecule has 0 saturated carbocycles. The minimum atomic E-state index is -0.177. The van der Waals surface area contributed by atoms with E-state index in [0.29, 0.717) is 19.5 Å². The van der Waals surface area contributed by atoms with Gasteiger partial charge in [-0.1, -0.05) is 18.2 Å². The van der Waals surface area contributed by atoms with E-state index in [1.807, 2.05) is 28.8 Å². The molecule has 24 heavy (non-hydrogen) atoms. The third kappa shape index (κ3) is 4.66. The van der Waals surface area contributed by atoms with Crippen molar-refractivity contribution in [1.82, 2.24) is 20.2 Å². The summed E-state index contributed by atoms with van der Waals surface area (Å²) in [4.78, 5) is 28.1. The van der Waals surface area contributed by atoms with Crippen molar-refractivity contribution in [3.8, 4) is 0 Å². The predicted molar refractivity (Wildman–Crippen MR) is 91.5 cm³/mol. The molecule has 7 nitrogen and oxygen atoms in total. The van der Waals surface area contributed by atoms with E-state index in [4.69, 9.17) is 4.74 Å². The minimum Gasteiger partial charge on any atom is -0.375 e. The predicted octanol–water partition coefficient (Wildman–Crippen LogP) is 0.644. The molecule has 0 atom stereocenters. The number of nitrogens with one attached hydrogen (secondary N) is 2. The number of imidazole rings is 1. The van der Waals surface area contributed by atoms with Crippen LogP contribution in [0.5, 0.6) is 0 Å². The van der Waals surface area contributed by atoms with Gasteiger partial charge in [-0.05, 0) is 12.1 Å². The van der Waals surface area contributed by atoms with Crippen molar-refractivity contribution in [2.75, 3.05) is 26.8 Å². The Morgan fingerprint density at radius 3 is 2.83 bits per heavy atom. The quantitative estimate of drug-likeness (QED) is 0.661. The molecular weight excluding hydrogens is 308 g/mol. The number of para-hydroxylation sites is 2. The molecule has 1 heterocycles. The third-order valence-corrected chi connectivity index (χ3v) is 3.43. The van der Waals surface area contributed by atoms with Gasteiger partial charge in [0.25, 0.3) is 0 Å². The van der Waals surface area contributed by atoms with Crippen molar-refractivity contribution in [1.29, 1.82) is 0 Å². The lowest BCUT2D eigenvalue weighted by Gasteiger charge is -2.10. The zero-order valence-corrected chi connectivity index (χ0v) is 13.7. The van der Waals surface area contributed by atoms with Gasteiger partial charge in [-0.25, -0.2) is 4.98 Å². The number of rotatable bonds is 9. The third-order valence-electron chi connectivity index (χ3n) is 3.43. The van der Waals surface area contributed by atoms with Crippen molar-refractivity contribution in [2.24, 2.45) is 0 Å². The number of aromatic nitrogens is 2. The number of nitrogens with zero attached hydrogens (tertiary/aromatic N) is 2. The number of benzene rings is 1. The topological polar surface area (TPSA) is 85.2 Å². The summed E-state index contributed by atoms with van der Waals surface area (Å²) in [5.41, 5.74) is 1.72. The number of ether oxygens (including phenoxy) is 1. The molecule has 0 aliphatic rings. The van der Waals surface area contributed by atoms with E-state index in [1.54, 1.807) is 6.08 Å². The highest BCUT2D eigenvalue weighted by molar-refractivity contribution is 5.81. The van der Waals surface area contributed by atoms with Crippen molar-refractivity contribution < 1.29 is 14.3 Å². The number of carbonyl (C=O) groups is 2. The highest BCUT2D eigenvalue weighted by atomic mass is 16.5. The zero-order chi connectivity index (χ0) is 17.4. The molecule has 1 aromatic heterocycles. The summed E-state index contributed by atoms with van der Waals surface area (Å²) in [6, 6.07) is 7.64. The monoisotopic (exact) mass is 330 g/mol. The molecule has 7 heteroatoms. The van der Waals surface area contributed by atoms with Crippen LogP contribution >= 0.6 is 0 Å². The van der Waals surface area contributed by atoms with Gasteiger partial charge in [0.05, 0.1) is 11.0 Å². The normalized spacial score (nSPS) is 10.5. The molecule has 0 aliphatic heterocycles. The Morgan fingerprint density at radius 1 is 1.29 bits per heavy atom. The molecular formula is C17H22N4O3. The number of fused-ring (bicyclic) bond motifs is 1. The first kappa shape index (κ1) is 17.7. The van der Waals surface area contributed by atoms with Gasteiger partial charge in [0, 0.05) is 26.6 Å². The molecule has 128 valence electrons. The first-order valence-corrected chi connectivity index (χ1v) is 7.73. The van der Waals surface area contributed by atoms with Gasteiger partial charge in [-0.15, -0.1) is 6.58 Å². The molecule has 0 fully saturated rings. The van der Waals surface area contributed by atoms with E-state index in [-0.39, 0.29) is 25.0 Å². The van der Waals surface area contributed by atoms with Gasteiger partial charge >= 0.3 is 0 Å². The molecule has 1 aromatic carbocycles. The second-order valence-corrected chi connectivity index (χ2v) is 5.23. The number of carbonyl (C=O) groups excluding carboxylic acids is 2. The Hall–Kier alpha value is -2.67. The van der Waals surface area contributed by atoms with Crippen LogP contribution < -0.4 is 10.6 Å². The van der Waals surface area contributed by atoms with Gasteiger partial charge in [0.15, 0.2) is 0 Å². The summed E-state index contributed by atoms with van der Waals surface area (Å²) >= 11 is 0. The number of hydrogen-bond acceptors (Lipinski definition) is 4. The van der Waals surface area contributed by atoms with Gasteiger partial charge in [0.2, 0.25) is 11.8 Å². The standard InChI is InChI=1S/C17H22N4O3/c1-3-9-18-16(22)11-21-14-7-5-4-6-13(14)20-15(21)8-10-19-17(23)12-24-2/h3-7H,1,8-12H2,2H3,(H,18,22)(H,19,23). The van der Waals surface area contributed by atoms with E-state index in [9.17, 15) is 9.59 Å². The lowest BCUT2D eigenvalue weighted by Crippen LogP contribution is -2.31.